The van der Waals surface area contributed by atoms with Crippen molar-refractivity contribution in [3.05, 3.63) is 16.1 Å². The quantitative estimate of drug-likeness (QED) is 0.895. The number of rotatable bonds is 4. The van der Waals surface area contributed by atoms with E-state index in [9.17, 15) is 10.2 Å². The first kappa shape index (κ1) is 12.5. The molecule has 0 atom stereocenters. The van der Waals surface area contributed by atoms with Gasteiger partial charge in [-0.2, -0.15) is 0 Å². The first-order valence-electron chi connectivity index (χ1n) is 5.35. The number of ether oxygens (including phenoxy) is 2. The van der Waals surface area contributed by atoms with Gasteiger partial charge in [-0.3, -0.25) is 0 Å². The lowest BCUT2D eigenvalue weighted by molar-refractivity contribution is 0.150. The number of phenols is 1. The maximum absolute atomic E-state index is 10.0. The third kappa shape index (κ3) is 2.35. The molecule has 0 aliphatic heterocycles. The van der Waals surface area contributed by atoms with Crippen LogP contribution in [0.1, 0.15) is 18.4 Å². The molecule has 0 amide bonds. The fourth-order valence-corrected chi connectivity index (χ4v) is 2.41. The molecular weight excluding hydrogens is 288 g/mol. The van der Waals surface area contributed by atoms with Crippen LogP contribution in [-0.4, -0.2) is 30.0 Å². The Morgan fingerprint density at radius 2 is 2.00 bits per heavy atom. The Balaban J connectivity index is 2.42. The zero-order valence-corrected chi connectivity index (χ0v) is 11.4. The van der Waals surface area contributed by atoms with E-state index in [0.29, 0.717) is 28.0 Å². The van der Waals surface area contributed by atoms with E-state index in [-0.39, 0.29) is 5.75 Å². The fourth-order valence-electron chi connectivity index (χ4n) is 1.80. The summed E-state index contributed by atoms with van der Waals surface area (Å²) < 4.78 is 10.8. The van der Waals surface area contributed by atoms with Crippen molar-refractivity contribution >= 4 is 15.9 Å². The zero-order valence-electron chi connectivity index (χ0n) is 9.79. The van der Waals surface area contributed by atoms with Crippen molar-refractivity contribution in [2.24, 2.45) is 0 Å². The van der Waals surface area contributed by atoms with Crippen LogP contribution < -0.4 is 9.47 Å². The molecular formula is C12H15BrO4. The fraction of sp³-hybridized carbons (Fsp3) is 0.500. The monoisotopic (exact) mass is 302 g/mol. The van der Waals surface area contributed by atoms with Gasteiger partial charge in [0.15, 0.2) is 11.5 Å². The molecule has 0 saturated heterocycles. The van der Waals surface area contributed by atoms with Gasteiger partial charge in [-0.05, 0) is 34.8 Å². The number of aliphatic hydroxyl groups is 1. The molecule has 2 rings (SSSR count). The van der Waals surface area contributed by atoms with Gasteiger partial charge in [0.05, 0.1) is 19.8 Å². The lowest BCUT2D eigenvalue weighted by Crippen LogP contribution is -2.11. The predicted octanol–water partition coefficient (Wildman–Crippen LogP) is 2.24. The number of benzene rings is 1. The van der Waals surface area contributed by atoms with E-state index in [1.807, 2.05) is 0 Å². The molecule has 1 saturated carbocycles. The summed E-state index contributed by atoms with van der Waals surface area (Å²) in [5.74, 6) is 1.09. The molecule has 0 heterocycles. The molecule has 5 heteroatoms. The van der Waals surface area contributed by atoms with Gasteiger partial charge in [-0.1, -0.05) is 0 Å². The molecule has 1 fully saturated rings. The minimum atomic E-state index is -0.656. The zero-order chi connectivity index (χ0) is 12.6. The van der Waals surface area contributed by atoms with Crippen molar-refractivity contribution in [2.45, 2.75) is 24.9 Å². The van der Waals surface area contributed by atoms with Gasteiger partial charge >= 0.3 is 0 Å². The molecule has 0 bridgehead atoms. The van der Waals surface area contributed by atoms with Crippen LogP contribution >= 0.6 is 15.9 Å². The van der Waals surface area contributed by atoms with Crippen LogP contribution in [0.5, 0.6) is 17.2 Å². The SMILES string of the molecule is COc1cc(CC2(O)CC2)c(O)c(Br)c1OC. The second-order valence-corrected chi connectivity index (χ2v) is 5.13. The number of phenolic OH excluding ortho intramolecular Hbond substituents is 1. The minimum absolute atomic E-state index is 0.1000. The van der Waals surface area contributed by atoms with Gasteiger partial charge in [-0.15, -0.1) is 0 Å². The van der Waals surface area contributed by atoms with Gasteiger partial charge in [0.2, 0.25) is 0 Å². The molecule has 94 valence electrons. The molecule has 0 spiro atoms. The van der Waals surface area contributed by atoms with Gasteiger partial charge < -0.3 is 19.7 Å². The topological polar surface area (TPSA) is 58.9 Å². The molecule has 1 aliphatic rings. The van der Waals surface area contributed by atoms with Crippen LogP contribution in [0.2, 0.25) is 0 Å². The second kappa shape index (κ2) is 4.38. The van der Waals surface area contributed by atoms with E-state index in [1.54, 1.807) is 6.07 Å². The molecule has 1 aromatic rings. The summed E-state index contributed by atoms with van der Waals surface area (Å²) >= 11 is 3.27. The summed E-state index contributed by atoms with van der Waals surface area (Å²) in [5.41, 5.74) is 0.00537. The predicted molar refractivity (Wildman–Crippen MR) is 66.8 cm³/mol. The average molecular weight is 303 g/mol. The van der Waals surface area contributed by atoms with Crippen molar-refractivity contribution in [2.75, 3.05) is 14.2 Å². The van der Waals surface area contributed by atoms with Crippen LogP contribution in [0.15, 0.2) is 10.5 Å². The van der Waals surface area contributed by atoms with Crippen molar-refractivity contribution in [1.82, 2.24) is 0 Å². The van der Waals surface area contributed by atoms with Gasteiger partial charge in [0, 0.05) is 12.0 Å². The van der Waals surface area contributed by atoms with E-state index < -0.39 is 5.60 Å². The molecule has 2 N–H and O–H groups in total. The summed E-state index contributed by atoms with van der Waals surface area (Å²) in [7, 11) is 3.05. The van der Waals surface area contributed by atoms with Crippen molar-refractivity contribution in [1.29, 1.82) is 0 Å². The number of hydrogen-bond donors (Lipinski definition) is 2. The Hall–Kier alpha value is -0.940. The Bertz CT molecular complexity index is 441. The molecule has 17 heavy (non-hydrogen) atoms. The number of halogens is 1. The largest absolute Gasteiger partial charge is 0.506 e. The van der Waals surface area contributed by atoms with E-state index in [0.717, 1.165) is 12.8 Å². The Morgan fingerprint density at radius 1 is 1.35 bits per heavy atom. The van der Waals surface area contributed by atoms with Gasteiger partial charge in [-0.25, -0.2) is 0 Å². The summed E-state index contributed by atoms with van der Waals surface area (Å²) in [5, 5.41) is 19.9. The van der Waals surface area contributed by atoms with Crippen molar-refractivity contribution in [3.63, 3.8) is 0 Å². The number of methoxy groups -OCH3 is 2. The van der Waals surface area contributed by atoms with Crippen LogP contribution in [0.3, 0.4) is 0 Å². The first-order valence-corrected chi connectivity index (χ1v) is 6.15. The van der Waals surface area contributed by atoms with Crippen LogP contribution in [-0.2, 0) is 6.42 Å². The smallest absolute Gasteiger partial charge is 0.178 e. The summed E-state index contributed by atoms with van der Waals surface area (Å²) in [4.78, 5) is 0. The lowest BCUT2D eigenvalue weighted by Gasteiger charge is -2.16. The van der Waals surface area contributed by atoms with E-state index in [4.69, 9.17) is 9.47 Å². The van der Waals surface area contributed by atoms with E-state index in [2.05, 4.69) is 15.9 Å². The Morgan fingerprint density at radius 3 is 2.47 bits per heavy atom. The van der Waals surface area contributed by atoms with Crippen LogP contribution in [0, 0.1) is 0 Å². The minimum Gasteiger partial charge on any atom is -0.506 e. The normalized spacial score (nSPS) is 16.7. The number of hydrogen-bond acceptors (Lipinski definition) is 4. The molecule has 0 unspecified atom stereocenters. The average Bonchev–Trinajstić information content (AvgIpc) is 3.02. The Kier molecular flexibility index (Phi) is 3.23. The summed E-state index contributed by atoms with van der Waals surface area (Å²) in [6, 6.07) is 1.70. The maximum Gasteiger partial charge on any atom is 0.178 e. The molecule has 4 nitrogen and oxygen atoms in total. The van der Waals surface area contributed by atoms with E-state index >= 15 is 0 Å². The van der Waals surface area contributed by atoms with Gasteiger partial charge in [0.1, 0.15) is 10.2 Å². The molecule has 0 radical (unpaired) electrons. The van der Waals surface area contributed by atoms with Gasteiger partial charge in [0.25, 0.3) is 0 Å². The molecule has 1 aromatic carbocycles. The first-order chi connectivity index (χ1) is 8.00. The third-order valence-electron chi connectivity index (χ3n) is 3.01. The molecule has 0 aromatic heterocycles. The van der Waals surface area contributed by atoms with Crippen molar-refractivity contribution in [3.8, 4) is 17.2 Å². The highest BCUT2D eigenvalue weighted by Crippen LogP contribution is 2.47. The number of aromatic hydroxyl groups is 1. The highest BCUT2D eigenvalue weighted by atomic mass is 79.9. The van der Waals surface area contributed by atoms with E-state index in [1.165, 1.54) is 14.2 Å². The van der Waals surface area contributed by atoms with Crippen LogP contribution in [0.25, 0.3) is 0 Å². The lowest BCUT2D eigenvalue weighted by atomic mass is 10.0. The maximum atomic E-state index is 10.0. The van der Waals surface area contributed by atoms with Crippen LogP contribution in [0.4, 0.5) is 0 Å². The highest BCUT2D eigenvalue weighted by molar-refractivity contribution is 9.10. The molecule has 1 aliphatic carbocycles. The second-order valence-electron chi connectivity index (χ2n) is 4.33. The summed E-state index contributed by atoms with van der Waals surface area (Å²) in [6.45, 7) is 0. The van der Waals surface area contributed by atoms with Crippen molar-refractivity contribution < 1.29 is 19.7 Å². The Labute approximate surface area is 108 Å². The highest BCUT2D eigenvalue weighted by Gasteiger charge is 2.41. The standard InChI is InChI=1S/C12H15BrO4/c1-16-8-5-7(6-12(15)3-4-12)10(14)9(13)11(8)17-2/h5,14-15H,3-4,6H2,1-2H3. The third-order valence-corrected chi connectivity index (χ3v) is 3.75. The summed E-state index contributed by atoms with van der Waals surface area (Å²) in [6.07, 6.45) is 1.98.